The smallest absolute Gasteiger partial charge is 0.275 e. The molecule has 0 unspecified atom stereocenters. The summed E-state index contributed by atoms with van der Waals surface area (Å²) < 4.78 is 28.0. The molecule has 30 heavy (non-hydrogen) atoms. The Morgan fingerprint density at radius 1 is 1.17 bits per heavy atom. The van der Waals surface area contributed by atoms with Crippen LogP contribution in [0.1, 0.15) is 12.1 Å². The van der Waals surface area contributed by atoms with Crippen molar-refractivity contribution in [3.63, 3.8) is 0 Å². The predicted octanol–water partition coefficient (Wildman–Crippen LogP) is 2.17. The van der Waals surface area contributed by atoms with Crippen LogP contribution in [0.25, 0.3) is 22.1 Å². The number of halogens is 1. The molecule has 0 aliphatic carbocycles. The fourth-order valence-corrected chi connectivity index (χ4v) is 4.98. The van der Waals surface area contributed by atoms with E-state index in [1.54, 1.807) is 29.3 Å². The van der Waals surface area contributed by atoms with E-state index in [1.165, 1.54) is 0 Å². The van der Waals surface area contributed by atoms with Gasteiger partial charge < -0.3 is 14.9 Å². The molecule has 4 aromatic rings. The molecule has 5 rings (SSSR count). The number of rotatable bonds is 5. The number of H-pyrrole nitrogens is 2. The molecule has 1 saturated heterocycles. The monoisotopic (exact) mass is 444 g/mol. The minimum atomic E-state index is -3.99. The van der Waals surface area contributed by atoms with Gasteiger partial charge in [-0.15, -0.1) is 0 Å². The van der Waals surface area contributed by atoms with Crippen LogP contribution >= 0.6 is 11.6 Å². The predicted molar refractivity (Wildman–Crippen MR) is 111 cm³/mol. The third-order valence-electron chi connectivity index (χ3n) is 5.08. The molecular formula is C19H17ClN6O3S. The number of hydrogen-bond donors (Lipinski definition) is 3. The molecule has 1 aliphatic heterocycles. The van der Waals surface area contributed by atoms with Gasteiger partial charge in [-0.3, -0.25) is 9.78 Å². The van der Waals surface area contributed by atoms with E-state index in [0.717, 1.165) is 16.7 Å². The van der Waals surface area contributed by atoms with Crippen molar-refractivity contribution in [3.05, 3.63) is 53.3 Å². The number of aromatic amines is 2. The quantitative estimate of drug-likeness (QED) is 0.435. The van der Waals surface area contributed by atoms with Crippen molar-refractivity contribution >= 4 is 49.6 Å². The number of aromatic nitrogens is 4. The molecule has 0 spiro atoms. The summed E-state index contributed by atoms with van der Waals surface area (Å²) in [6.07, 6.45) is 2.08. The number of benzene rings is 1. The molecule has 3 N–H and O–H groups in total. The van der Waals surface area contributed by atoms with E-state index in [-0.39, 0.29) is 11.1 Å². The van der Waals surface area contributed by atoms with Gasteiger partial charge in [0.2, 0.25) is 11.1 Å². The highest BCUT2D eigenvalue weighted by Crippen LogP contribution is 2.21. The third-order valence-corrected chi connectivity index (χ3v) is 6.61. The summed E-state index contributed by atoms with van der Waals surface area (Å²) in [4.78, 5) is 28.7. The van der Waals surface area contributed by atoms with Crippen LogP contribution in [-0.2, 0) is 21.4 Å². The summed E-state index contributed by atoms with van der Waals surface area (Å²) in [6.45, 7) is 0.807. The van der Waals surface area contributed by atoms with Crippen LogP contribution in [0, 0.1) is 0 Å². The van der Waals surface area contributed by atoms with Crippen molar-refractivity contribution in [1.82, 2.24) is 29.6 Å². The van der Waals surface area contributed by atoms with E-state index < -0.39 is 16.1 Å². The van der Waals surface area contributed by atoms with Crippen LogP contribution in [0.2, 0.25) is 5.02 Å². The maximum atomic E-state index is 12.8. The van der Waals surface area contributed by atoms with Crippen LogP contribution in [0.4, 0.5) is 0 Å². The van der Waals surface area contributed by atoms with Crippen LogP contribution in [-0.4, -0.2) is 51.7 Å². The van der Waals surface area contributed by atoms with Crippen molar-refractivity contribution in [2.24, 2.45) is 0 Å². The molecule has 0 saturated carbocycles. The Bertz CT molecular complexity index is 1350. The first kappa shape index (κ1) is 19.0. The van der Waals surface area contributed by atoms with E-state index in [0.29, 0.717) is 35.6 Å². The third kappa shape index (κ3) is 3.42. The molecule has 11 heteroatoms. The van der Waals surface area contributed by atoms with Gasteiger partial charge in [0.25, 0.3) is 10.0 Å². The molecule has 9 nitrogen and oxygen atoms in total. The molecule has 154 valence electrons. The fourth-order valence-electron chi connectivity index (χ4n) is 3.64. The number of carbonyl (C=O) groups is 1. The van der Waals surface area contributed by atoms with Crippen molar-refractivity contribution in [3.8, 4) is 0 Å². The fraction of sp³-hybridized carbons (Fsp3) is 0.211. The van der Waals surface area contributed by atoms with E-state index in [4.69, 9.17) is 11.6 Å². The average molecular weight is 445 g/mol. The molecule has 1 atom stereocenters. The van der Waals surface area contributed by atoms with Gasteiger partial charge in [-0.1, -0.05) is 11.6 Å². The lowest BCUT2D eigenvalue weighted by atomic mass is 10.3. The van der Waals surface area contributed by atoms with Gasteiger partial charge >= 0.3 is 0 Å². The van der Waals surface area contributed by atoms with Gasteiger partial charge in [-0.05, 0) is 42.8 Å². The molecular weight excluding hydrogens is 428 g/mol. The molecule has 1 amide bonds. The normalized spacial score (nSPS) is 17.4. The average Bonchev–Trinajstić information content (AvgIpc) is 3.40. The number of imidazole rings is 1. The molecule has 1 aliphatic rings. The minimum Gasteiger partial charge on any atom is -0.356 e. The summed E-state index contributed by atoms with van der Waals surface area (Å²) >= 11 is 5.94. The lowest BCUT2D eigenvalue weighted by Gasteiger charge is -2.16. The van der Waals surface area contributed by atoms with Crippen LogP contribution in [0.5, 0.6) is 0 Å². The van der Waals surface area contributed by atoms with Crippen molar-refractivity contribution in [2.75, 3.05) is 6.54 Å². The zero-order valence-corrected chi connectivity index (χ0v) is 17.2. The highest BCUT2D eigenvalue weighted by molar-refractivity contribution is 7.89. The Balaban J connectivity index is 1.31. The Kier molecular flexibility index (Phi) is 4.49. The van der Waals surface area contributed by atoms with Crippen LogP contribution in [0.3, 0.4) is 0 Å². The molecule has 1 fully saturated rings. The number of hydrogen-bond acceptors (Lipinski definition) is 5. The summed E-state index contributed by atoms with van der Waals surface area (Å²) in [6, 6.07) is 9.65. The molecule has 4 heterocycles. The lowest BCUT2D eigenvalue weighted by Crippen LogP contribution is -2.41. The highest BCUT2D eigenvalue weighted by Gasteiger charge is 2.36. The maximum absolute atomic E-state index is 12.8. The largest absolute Gasteiger partial charge is 0.356 e. The second-order valence-electron chi connectivity index (χ2n) is 7.16. The Morgan fingerprint density at radius 3 is 2.87 bits per heavy atom. The van der Waals surface area contributed by atoms with Gasteiger partial charge in [0.15, 0.2) is 0 Å². The molecule has 0 radical (unpaired) electrons. The number of sulfonamides is 1. The zero-order valence-electron chi connectivity index (χ0n) is 15.6. The standard InChI is InChI=1S/C19H17ClN6O3S/c20-11-3-4-14-17(8-11)24-19(23-14)30(28,29)25-15-5-7-26(18(15)27)10-12-9-16-13(22-12)2-1-6-21-16/h1-4,6,8-9,15,22,25H,5,7,10H2,(H,23,24)/t15-/m0/s1. The number of nitrogens with one attached hydrogen (secondary N) is 3. The first-order valence-corrected chi connectivity index (χ1v) is 11.1. The summed E-state index contributed by atoms with van der Waals surface area (Å²) in [5, 5.41) is 0.226. The Labute approximate surface area is 176 Å². The van der Waals surface area contributed by atoms with Crippen LogP contribution in [0.15, 0.2) is 47.8 Å². The van der Waals surface area contributed by atoms with Gasteiger partial charge in [0.1, 0.15) is 6.04 Å². The van der Waals surface area contributed by atoms with E-state index in [2.05, 4.69) is 24.7 Å². The van der Waals surface area contributed by atoms with Crippen LogP contribution < -0.4 is 4.72 Å². The van der Waals surface area contributed by atoms with Gasteiger partial charge in [-0.2, -0.15) is 4.72 Å². The molecule has 0 bridgehead atoms. The number of nitrogens with zero attached hydrogens (tertiary/aromatic N) is 3. The van der Waals surface area contributed by atoms with Gasteiger partial charge in [0, 0.05) is 23.5 Å². The zero-order chi connectivity index (χ0) is 20.9. The summed E-state index contributed by atoms with van der Waals surface area (Å²) in [5.74, 6) is -0.274. The van der Waals surface area contributed by atoms with Crippen molar-refractivity contribution < 1.29 is 13.2 Å². The van der Waals surface area contributed by atoms with Crippen molar-refractivity contribution in [1.29, 1.82) is 0 Å². The van der Waals surface area contributed by atoms with E-state index in [9.17, 15) is 13.2 Å². The maximum Gasteiger partial charge on any atom is 0.275 e. The lowest BCUT2D eigenvalue weighted by molar-refractivity contribution is -0.129. The van der Waals surface area contributed by atoms with E-state index in [1.807, 2.05) is 18.2 Å². The van der Waals surface area contributed by atoms with Gasteiger partial charge in [-0.25, -0.2) is 13.4 Å². The summed E-state index contributed by atoms with van der Waals surface area (Å²) in [5.41, 5.74) is 3.54. The Morgan fingerprint density at radius 2 is 2.03 bits per heavy atom. The Hall–Kier alpha value is -2.95. The number of carbonyl (C=O) groups excluding carboxylic acids is 1. The second kappa shape index (κ2) is 7.08. The second-order valence-corrected chi connectivity index (χ2v) is 9.22. The van der Waals surface area contributed by atoms with E-state index >= 15 is 0 Å². The van der Waals surface area contributed by atoms with Crippen molar-refractivity contribution in [2.45, 2.75) is 24.2 Å². The topological polar surface area (TPSA) is 124 Å². The number of pyridine rings is 1. The molecule has 1 aromatic carbocycles. The summed E-state index contributed by atoms with van der Waals surface area (Å²) in [7, 11) is -3.99. The highest BCUT2D eigenvalue weighted by atomic mass is 35.5. The number of likely N-dealkylation sites (tertiary alicyclic amines) is 1. The first-order chi connectivity index (χ1) is 14.4. The minimum absolute atomic E-state index is 0.243. The first-order valence-electron chi connectivity index (χ1n) is 9.28. The SMILES string of the molecule is O=C1[C@@H](NS(=O)(=O)c2nc3ccc(Cl)cc3[nH]2)CCN1Cc1cc2ncccc2[nH]1. The number of amides is 1. The molecule has 3 aromatic heterocycles. The van der Waals surface area contributed by atoms with Gasteiger partial charge in [0.05, 0.1) is 28.6 Å². The number of fused-ring (bicyclic) bond motifs is 2.